The van der Waals surface area contributed by atoms with Crippen LogP contribution in [0.15, 0.2) is 0 Å². The third kappa shape index (κ3) is 1.67. The molecule has 0 aromatic carbocycles. The van der Waals surface area contributed by atoms with Crippen LogP contribution in [0.5, 0.6) is 0 Å². The molecule has 1 aliphatic heterocycles. The number of hydrogen-bond acceptors (Lipinski definition) is 3. The van der Waals surface area contributed by atoms with Crippen LogP contribution in [0.1, 0.15) is 32.6 Å². The molecule has 1 aliphatic carbocycles. The largest absolute Gasteiger partial charge is 0.310 e. The highest BCUT2D eigenvalue weighted by Crippen LogP contribution is 2.49. The van der Waals surface area contributed by atoms with Crippen molar-refractivity contribution in [3.05, 3.63) is 11.4 Å². The van der Waals surface area contributed by atoms with Crippen molar-refractivity contribution in [3.63, 3.8) is 0 Å². The number of imide groups is 1. The molecule has 94 valence electrons. The second-order valence-electron chi connectivity index (χ2n) is 5.36. The second kappa shape index (κ2) is 4.42. The van der Waals surface area contributed by atoms with Crippen molar-refractivity contribution in [3.8, 4) is 6.07 Å². The number of piperidine rings is 1. The van der Waals surface area contributed by atoms with Gasteiger partial charge in [0.05, 0.1) is 11.5 Å². The fourth-order valence-electron chi connectivity index (χ4n) is 3.18. The molecule has 2 fully saturated rings. The molecule has 1 spiro atoms. The molecule has 2 amide bonds. The van der Waals surface area contributed by atoms with Gasteiger partial charge in [0.1, 0.15) is 5.92 Å². The Bertz CT molecular complexity index is 430. The predicted octanol–water partition coefficient (Wildman–Crippen LogP) is 1.27. The number of hydrogen-bond donors (Lipinski definition) is 1. The summed E-state index contributed by atoms with van der Waals surface area (Å²) in [7, 11) is 0. The third-order valence-corrected chi connectivity index (χ3v) is 4.34. The van der Waals surface area contributed by atoms with E-state index in [0.717, 1.165) is 12.8 Å². The molecule has 2 unspecified atom stereocenters. The first-order valence-electron chi connectivity index (χ1n) is 6.16. The van der Waals surface area contributed by atoms with Gasteiger partial charge in [-0.15, -0.1) is 0 Å². The molecule has 2 aliphatic rings. The average molecular weight is 245 g/mol. The summed E-state index contributed by atoms with van der Waals surface area (Å²) in [6.45, 7) is 9.33. The molecule has 0 radical (unpaired) electrons. The Kier molecular flexibility index (Phi) is 3.09. The number of carbonyl (C=O) groups is 2. The lowest BCUT2D eigenvalue weighted by Crippen LogP contribution is -2.60. The molecule has 0 aromatic heterocycles. The van der Waals surface area contributed by atoms with Crippen molar-refractivity contribution in [2.75, 3.05) is 0 Å². The van der Waals surface area contributed by atoms with E-state index in [1.807, 2.05) is 6.07 Å². The minimum atomic E-state index is -0.896. The van der Waals surface area contributed by atoms with Crippen molar-refractivity contribution >= 4 is 11.8 Å². The average Bonchev–Trinajstić information content (AvgIpc) is 2.33. The fraction of sp³-hybridized carbons (Fsp3) is 0.692. The summed E-state index contributed by atoms with van der Waals surface area (Å²) in [6.07, 6.45) is 2.95. The molecule has 1 saturated carbocycles. The maximum absolute atomic E-state index is 11.8. The number of nitrogens with zero attached hydrogens (tertiary/aromatic N) is 2. The smallest absolute Gasteiger partial charge is 0.302 e. The summed E-state index contributed by atoms with van der Waals surface area (Å²) < 4.78 is 0. The summed E-state index contributed by atoms with van der Waals surface area (Å²) in [4.78, 5) is 27.0. The van der Waals surface area contributed by atoms with Gasteiger partial charge in [-0.3, -0.25) is 14.9 Å². The molecule has 2 rings (SSSR count). The Morgan fingerprint density at radius 2 is 2.00 bits per heavy atom. The van der Waals surface area contributed by atoms with Crippen LogP contribution in [0.4, 0.5) is 0 Å². The van der Waals surface area contributed by atoms with Gasteiger partial charge in [-0.1, -0.05) is 6.92 Å². The van der Waals surface area contributed by atoms with E-state index in [1.54, 1.807) is 0 Å². The lowest BCUT2D eigenvalue weighted by Gasteiger charge is -2.43. The van der Waals surface area contributed by atoms with Crippen LogP contribution < -0.4 is 5.32 Å². The monoisotopic (exact) mass is 245 g/mol. The maximum Gasteiger partial charge on any atom is 0.310 e. The molecule has 2 atom stereocenters. The topological polar surface area (TPSA) is 74.3 Å². The zero-order valence-corrected chi connectivity index (χ0v) is 10.3. The van der Waals surface area contributed by atoms with E-state index in [1.165, 1.54) is 0 Å². The lowest BCUT2D eigenvalue weighted by atomic mass is 9.58. The Labute approximate surface area is 106 Å². The lowest BCUT2D eigenvalue weighted by molar-refractivity contribution is -0.143. The van der Waals surface area contributed by atoms with Gasteiger partial charge in [0.25, 0.3) is 0 Å². The number of carbonyl (C=O) groups excluding carboxylic acids is 2. The highest BCUT2D eigenvalue weighted by Gasteiger charge is 2.60. The first-order valence-corrected chi connectivity index (χ1v) is 6.16. The Morgan fingerprint density at radius 3 is 2.50 bits per heavy atom. The van der Waals surface area contributed by atoms with Crippen LogP contribution in [-0.4, -0.2) is 17.9 Å². The van der Waals surface area contributed by atoms with Gasteiger partial charge in [-0.2, -0.15) is 5.26 Å². The molecule has 1 saturated heterocycles. The van der Waals surface area contributed by atoms with Gasteiger partial charge in [0.15, 0.2) is 0 Å². The van der Waals surface area contributed by atoms with Gasteiger partial charge in [-0.25, -0.2) is 6.57 Å². The van der Waals surface area contributed by atoms with Gasteiger partial charge >= 0.3 is 11.9 Å². The molecule has 5 heteroatoms. The van der Waals surface area contributed by atoms with Crippen LogP contribution >= 0.6 is 0 Å². The molecule has 0 aromatic rings. The Morgan fingerprint density at radius 1 is 1.39 bits per heavy atom. The van der Waals surface area contributed by atoms with E-state index >= 15 is 0 Å². The predicted molar refractivity (Wildman–Crippen MR) is 62.7 cm³/mol. The number of rotatable bonds is 0. The maximum atomic E-state index is 11.8. The van der Waals surface area contributed by atoms with Crippen molar-refractivity contribution in [2.45, 2.75) is 38.6 Å². The van der Waals surface area contributed by atoms with Gasteiger partial charge in [-0.05, 0) is 31.6 Å². The number of nitriles is 1. The summed E-state index contributed by atoms with van der Waals surface area (Å²) in [5.41, 5.74) is -0.761. The summed E-state index contributed by atoms with van der Waals surface area (Å²) >= 11 is 0. The van der Waals surface area contributed by atoms with Crippen molar-refractivity contribution in [1.82, 2.24) is 5.32 Å². The third-order valence-electron chi connectivity index (χ3n) is 4.34. The van der Waals surface area contributed by atoms with E-state index in [9.17, 15) is 14.9 Å². The zero-order valence-electron chi connectivity index (χ0n) is 10.3. The Hall–Kier alpha value is -1.88. The van der Waals surface area contributed by atoms with E-state index in [-0.39, 0.29) is 0 Å². The first-order chi connectivity index (χ1) is 8.55. The van der Waals surface area contributed by atoms with E-state index in [4.69, 9.17) is 6.57 Å². The summed E-state index contributed by atoms with van der Waals surface area (Å²) in [6, 6.07) is 1.11. The molecule has 0 bridgehead atoms. The van der Waals surface area contributed by atoms with Gasteiger partial charge in [0, 0.05) is 0 Å². The summed E-state index contributed by atoms with van der Waals surface area (Å²) in [5.74, 6) is -1.41. The standard InChI is InChI=1S/C13H15N3O2/c1-8-3-5-13(6-4-8)9(7-14)11(17)16-12(18)10(13)15-2/h8-10H,3-6H2,1H3,(H,16,17,18). The minimum Gasteiger partial charge on any atom is -0.302 e. The minimum absolute atomic E-state index is 0.529. The van der Waals surface area contributed by atoms with Crippen molar-refractivity contribution < 1.29 is 9.59 Å². The molecular formula is C13H15N3O2. The zero-order chi connectivity index (χ0) is 13.3. The highest BCUT2D eigenvalue weighted by atomic mass is 16.2. The van der Waals surface area contributed by atoms with Crippen LogP contribution in [0.2, 0.25) is 0 Å². The SMILES string of the molecule is [C-]#[N+]C1C(=O)NC(=O)C(C#N)C12CCC(C)CC2. The Balaban J connectivity index is 2.43. The molecule has 5 nitrogen and oxygen atoms in total. The number of nitrogens with one attached hydrogen (secondary N) is 1. The van der Waals surface area contributed by atoms with E-state index in [2.05, 4.69) is 17.1 Å². The molecular weight excluding hydrogens is 230 g/mol. The number of amides is 2. The molecule has 18 heavy (non-hydrogen) atoms. The van der Waals surface area contributed by atoms with Crippen LogP contribution in [0.25, 0.3) is 4.85 Å². The van der Waals surface area contributed by atoms with Crippen LogP contribution in [-0.2, 0) is 9.59 Å². The van der Waals surface area contributed by atoms with Gasteiger partial charge in [0.2, 0.25) is 5.91 Å². The van der Waals surface area contributed by atoms with Crippen molar-refractivity contribution in [1.29, 1.82) is 5.26 Å². The first kappa shape index (κ1) is 12.6. The molecule has 1 N–H and O–H groups in total. The van der Waals surface area contributed by atoms with Crippen LogP contribution in [0, 0.1) is 35.2 Å². The fourth-order valence-corrected chi connectivity index (χ4v) is 3.18. The summed E-state index contributed by atoms with van der Waals surface area (Å²) in [5, 5.41) is 11.4. The molecule has 1 heterocycles. The highest BCUT2D eigenvalue weighted by molar-refractivity contribution is 6.04. The van der Waals surface area contributed by atoms with Crippen molar-refractivity contribution in [2.24, 2.45) is 17.3 Å². The van der Waals surface area contributed by atoms with Gasteiger partial charge < -0.3 is 4.85 Å². The van der Waals surface area contributed by atoms with E-state index < -0.39 is 29.2 Å². The second-order valence-corrected chi connectivity index (χ2v) is 5.36. The normalized spacial score (nSPS) is 39.8. The van der Waals surface area contributed by atoms with Crippen LogP contribution in [0.3, 0.4) is 0 Å². The quantitative estimate of drug-likeness (QED) is 0.516. The van der Waals surface area contributed by atoms with E-state index in [0.29, 0.717) is 18.8 Å².